The van der Waals surface area contributed by atoms with Crippen LogP contribution in [0.2, 0.25) is 0 Å². The third-order valence-corrected chi connectivity index (χ3v) is 2.58. The molecule has 0 fully saturated rings. The molecule has 0 saturated carbocycles. The lowest BCUT2D eigenvalue weighted by atomic mass is 10.1. The predicted octanol–water partition coefficient (Wildman–Crippen LogP) is 1.98. The fraction of sp³-hybridized carbons (Fsp3) is 0.231. The van der Waals surface area contributed by atoms with E-state index in [4.69, 9.17) is 0 Å². The van der Waals surface area contributed by atoms with Gasteiger partial charge in [0.05, 0.1) is 5.69 Å². The molecule has 3 nitrogen and oxygen atoms in total. The number of H-pyrrole nitrogens is 1. The molecule has 0 aliphatic heterocycles. The molecule has 0 unspecified atom stereocenters. The lowest BCUT2D eigenvalue weighted by Gasteiger charge is -2.05. The van der Waals surface area contributed by atoms with Crippen LogP contribution in [0.1, 0.15) is 22.6 Å². The van der Waals surface area contributed by atoms with Gasteiger partial charge in [-0.3, -0.25) is 9.78 Å². The number of hydrogen-bond donors (Lipinski definition) is 1. The first kappa shape index (κ1) is 10.6. The summed E-state index contributed by atoms with van der Waals surface area (Å²) in [7, 11) is 0. The van der Waals surface area contributed by atoms with Crippen molar-refractivity contribution >= 4 is 0 Å². The second-order valence-electron chi connectivity index (χ2n) is 3.89. The number of nitrogens with zero attached hydrogens (tertiary/aromatic N) is 1. The van der Waals surface area contributed by atoms with Crippen LogP contribution in [0.5, 0.6) is 0 Å². The maximum absolute atomic E-state index is 11.3. The Balaban J connectivity index is 2.36. The fourth-order valence-electron chi connectivity index (χ4n) is 1.63. The van der Waals surface area contributed by atoms with Gasteiger partial charge in [0.2, 0.25) is 0 Å². The van der Waals surface area contributed by atoms with Crippen LogP contribution in [0.15, 0.2) is 35.1 Å². The number of nitrogens with one attached hydrogen (secondary N) is 1. The highest BCUT2D eigenvalue weighted by Gasteiger charge is 2.04. The van der Waals surface area contributed by atoms with Gasteiger partial charge in [0, 0.05) is 12.1 Å². The van der Waals surface area contributed by atoms with Crippen molar-refractivity contribution in [2.75, 3.05) is 0 Å². The number of aromatic nitrogens is 2. The molecule has 0 spiro atoms. The SMILES string of the molecule is Cc1[nH]c(=O)c(C)nc1Cc1ccccc1. The van der Waals surface area contributed by atoms with Crippen molar-refractivity contribution in [3.05, 3.63) is 63.3 Å². The summed E-state index contributed by atoms with van der Waals surface area (Å²) in [6, 6.07) is 10.1. The first-order valence-electron chi connectivity index (χ1n) is 5.27. The van der Waals surface area contributed by atoms with Crippen molar-refractivity contribution in [3.8, 4) is 0 Å². The normalized spacial score (nSPS) is 10.4. The maximum Gasteiger partial charge on any atom is 0.269 e. The van der Waals surface area contributed by atoms with Crippen molar-refractivity contribution in [1.82, 2.24) is 9.97 Å². The standard InChI is InChI=1S/C13H14N2O/c1-9-12(14-10(2)13(16)15-9)8-11-6-4-3-5-7-11/h3-7H,8H2,1-2H3,(H,15,16). The van der Waals surface area contributed by atoms with Gasteiger partial charge in [-0.15, -0.1) is 0 Å². The topological polar surface area (TPSA) is 45.8 Å². The Morgan fingerprint density at radius 3 is 2.56 bits per heavy atom. The smallest absolute Gasteiger partial charge is 0.269 e. The summed E-state index contributed by atoms with van der Waals surface area (Å²) in [4.78, 5) is 18.5. The van der Waals surface area contributed by atoms with E-state index >= 15 is 0 Å². The zero-order valence-electron chi connectivity index (χ0n) is 9.45. The molecule has 3 heteroatoms. The van der Waals surface area contributed by atoms with E-state index in [0.717, 1.165) is 17.8 Å². The van der Waals surface area contributed by atoms with E-state index in [9.17, 15) is 4.79 Å². The Kier molecular flexibility index (Phi) is 2.86. The summed E-state index contributed by atoms with van der Waals surface area (Å²) in [6.45, 7) is 3.61. The summed E-state index contributed by atoms with van der Waals surface area (Å²) in [5.41, 5.74) is 3.40. The van der Waals surface area contributed by atoms with Gasteiger partial charge in [-0.1, -0.05) is 30.3 Å². The summed E-state index contributed by atoms with van der Waals surface area (Å²) in [6.07, 6.45) is 0.754. The minimum atomic E-state index is -0.102. The second-order valence-corrected chi connectivity index (χ2v) is 3.89. The van der Waals surface area contributed by atoms with Crippen LogP contribution in [-0.4, -0.2) is 9.97 Å². The Bertz CT molecular complexity index is 544. The van der Waals surface area contributed by atoms with Crippen LogP contribution >= 0.6 is 0 Å². The second kappa shape index (κ2) is 4.31. The van der Waals surface area contributed by atoms with Crippen molar-refractivity contribution in [1.29, 1.82) is 0 Å². The zero-order valence-corrected chi connectivity index (χ0v) is 9.45. The number of aryl methyl sites for hydroxylation is 2. The molecular formula is C13H14N2O. The average molecular weight is 214 g/mol. The third-order valence-electron chi connectivity index (χ3n) is 2.58. The Hall–Kier alpha value is -1.90. The molecule has 1 N–H and O–H groups in total. The van der Waals surface area contributed by atoms with Gasteiger partial charge in [-0.05, 0) is 19.4 Å². The minimum Gasteiger partial charge on any atom is -0.323 e. The van der Waals surface area contributed by atoms with Crippen LogP contribution in [0.25, 0.3) is 0 Å². The highest BCUT2D eigenvalue weighted by atomic mass is 16.1. The van der Waals surface area contributed by atoms with Crippen LogP contribution in [0.4, 0.5) is 0 Å². The molecule has 16 heavy (non-hydrogen) atoms. The van der Waals surface area contributed by atoms with E-state index in [1.165, 1.54) is 5.56 Å². The van der Waals surface area contributed by atoms with Gasteiger partial charge in [-0.25, -0.2) is 0 Å². The molecule has 1 aromatic carbocycles. The van der Waals surface area contributed by atoms with E-state index in [1.807, 2.05) is 25.1 Å². The molecule has 2 rings (SSSR count). The molecule has 0 aliphatic rings. The van der Waals surface area contributed by atoms with Gasteiger partial charge in [0.1, 0.15) is 5.69 Å². The zero-order chi connectivity index (χ0) is 11.5. The van der Waals surface area contributed by atoms with Gasteiger partial charge < -0.3 is 4.98 Å². The molecule has 0 atom stereocenters. The highest BCUT2D eigenvalue weighted by molar-refractivity contribution is 5.24. The van der Waals surface area contributed by atoms with E-state index in [2.05, 4.69) is 22.1 Å². The monoisotopic (exact) mass is 214 g/mol. The van der Waals surface area contributed by atoms with E-state index in [-0.39, 0.29) is 5.56 Å². The molecule has 82 valence electrons. The Labute approximate surface area is 94.2 Å². The molecule has 0 aliphatic carbocycles. The fourth-order valence-corrected chi connectivity index (χ4v) is 1.63. The van der Waals surface area contributed by atoms with Gasteiger partial charge in [0.25, 0.3) is 5.56 Å². The third kappa shape index (κ3) is 2.19. The summed E-state index contributed by atoms with van der Waals surface area (Å²) in [5.74, 6) is 0. The summed E-state index contributed by atoms with van der Waals surface area (Å²) < 4.78 is 0. The van der Waals surface area contributed by atoms with Crippen molar-refractivity contribution < 1.29 is 0 Å². The molecule has 1 aromatic heterocycles. The molecule has 0 amide bonds. The van der Waals surface area contributed by atoms with Crippen LogP contribution < -0.4 is 5.56 Å². The largest absolute Gasteiger partial charge is 0.323 e. The highest BCUT2D eigenvalue weighted by Crippen LogP contribution is 2.08. The van der Waals surface area contributed by atoms with Gasteiger partial charge in [0.15, 0.2) is 0 Å². The van der Waals surface area contributed by atoms with Crippen LogP contribution in [0.3, 0.4) is 0 Å². The number of rotatable bonds is 2. The van der Waals surface area contributed by atoms with E-state index < -0.39 is 0 Å². The predicted molar refractivity (Wildman–Crippen MR) is 63.6 cm³/mol. The first-order chi connectivity index (χ1) is 7.66. The Morgan fingerprint density at radius 1 is 1.19 bits per heavy atom. The molecular weight excluding hydrogens is 200 g/mol. The van der Waals surface area contributed by atoms with Gasteiger partial charge >= 0.3 is 0 Å². The molecule has 0 saturated heterocycles. The number of hydrogen-bond acceptors (Lipinski definition) is 2. The molecule has 1 heterocycles. The lowest BCUT2D eigenvalue weighted by Crippen LogP contribution is -2.16. The van der Waals surface area contributed by atoms with Crippen molar-refractivity contribution in [2.24, 2.45) is 0 Å². The summed E-state index contributed by atoms with van der Waals surface area (Å²) in [5, 5.41) is 0. The number of aromatic amines is 1. The molecule has 2 aromatic rings. The van der Waals surface area contributed by atoms with Crippen LogP contribution in [0, 0.1) is 13.8 Å². The maximum atomic E-state index is 11.3. The van der Waals surface area contributed by atoms with Crippen molar-refractivity contribution in [2.45, 2.75) is 20.3 Å². The lowest BCUT2D eigenvalue weighted by molar-refractivity contribution is 0.924. The van der Waals surface area contributed by atoms with Crippen LogP contribution in [-0.2, 0) is 6.42 Å². The minimum absolute atomic E-state index is 0.102. The Morgan fingerprint density at radius 2 is 1.88 bits per heavy atom. The quantitative estimate of drug-likeness (QED) is 0.830. The van der Waals surface area contributed by atoms with E-state index in [1.54, 1.807) is 6.92 Å². The molecule has 0 radical (unpaired) electrons. The first-order valence-corrected chi connectivity index (χ1v) is 5.27. The van der Waals surface area contributed by atoms with Gasteiger partial charge in [-0.2, -0.15) is 0 Å². The number of benzene rings is 1. The summed E-state index contributed by atoms with van der Waals surface area (Å²) >= 11 is 0. The van der Waals surface area contributed by atoms with Crippen molar-refractivity contribution in [3.63, 3.8) is 0 Å². The molecule has 0 bridgehead atoms. The van der Waals surface area contributed by atoms with E-state index in [0.29, 0.717) is 5.69 Å². The average Bonchev–Trinajstić information content (AvgIpc) is 2.27.